The van der Waals surface area contributed by atoms with Gasteiger partial charge in [-0.05, 0) is 13.8 Å². The average Bonchev–Trinajstić information content (AvgIpc) is 2.20. The van der Waals surface area contributed by atoms with Gasteiger partial charge in [0.2, 0.25) is 0 Å². The molecule has 1 aromatic heterocycles. The summed E-state index contributed by atoms with van der Waals surface area (Å²) in [6.07, 6.45) is -0.290. The molecular weight excluding hydrogens is 187 g/mol. The molecule has 0 aliphatic carbocycles. The normalized spacial score (nSPS) is 12.6. The van der Waals surface area contributed by atoms with Gasteiger partial charge in [0.15, 0.2) is 17.5 Å². The summed E-state index contributed by atoms with van der Waals surface area (Å²) >= 11 is 0. The largest absolute Gasteiger partial charge is 0.374 e. The minimum Gasteiger partial charge on any atom is -0.374 e. The van der Waals surface area contributed by atoms with Gasteiger partial charge in [-0.15, -0.1) is 0 Å². The van der Waals surface area contributed by atoms with Crippen molar-refractivity contribution in [1.82, 2.24) is 9.97 Å². The number of methoxy groups -OCH3 is 1. The molecule has 0 aliphatic rings. The molecule has 0 radical (unpaired) electrons. The zero-order chi connectivity index (χ0) is 10.7. The molecule has 1 atom stereocenters. The Balaban J connectivity index is 3.16. The van der Waals surface area contributed by atoms with Crippen molar-refractivity contribution in [2.75, 3.05) is 12.5 Å². The summed E-state index contributed by atoms with van der Waals surface area (Å²) in [4.78, 5) is 7.82. The predicted molar refractivity (Wildman–Crippen MR) is 50.0 cm³/mol. The van der Waals surface area contributed by atoms with Crippen molar-refractivity contribution in [1.29, 1.82) is 0 Å². The van der Waals surface area contributed by atoms with Crippen molar-refractivity contribution in [2.45, 2.75) is 20.0 Å². The van der Waals surface area contributed by atoms with E-state index in [1.54, 1.807) is 13.8 Å². The van der Waals surface area contributed by atoms with Crippen LogP contribution in [0.25, 0.3) is 0 Å². The Morgan fingerprint density at radius 2 is 2.14 bits per heavy atom. The van der Waals surface area contributed by atoms with Crippen LogP contribution in [0.4, 0.5) is 10.2 Å². The molecule has 3 N–H and O–H groups in total. The summed E-state index contributed by atoms with van der Waals surface area (Å²) in [7, 11) is 1.53. The summed E-state index contributed by atoms with van der Waals surface area (Å²) in [5.74, 6) is 4.95. The zero-order valence-corrected chi connectivity index (χ0v) is 8.34. The highest BCUT2D eigenvalue weighted by atomic mass is 19.1. The molecule has 1 heterocycles. The van der Waals surface area contributed by atoms with Crippen molar-refractivity contribution in [3.63, 3.8) is 0 Å². The number of aromatic nitrogens is 2. The molecule has 0 saturated carbocycles. The van der Waals surface area contributed by atoms with E-state index in [-0.39, 0.29) is 17.6 Å². The fraction of sp³-hybridized carbons (Fsp3) is 0.500. The second-order valence-corrected chi connectivity index (χ2v) is 2.85. The third-order valence-corrected chi connectivity index (χ3v) is 1.89. The van der Waals surface area contributed by atoms with Crippen molar-refractivity contribution in [2.24, 2.45) is 5.84 Å². The Kier molecular flexibility index (Phi) is 3.32. The first-order valence-electron chi connectivity index (χ1n) is 4.13. The molecule has 0 aromatic carbocycles. The van der Waals surface area contributed by atoms with Crippen molar-refractivity contribution in [3.8, 4) is 0 Å². The smallest absolute Gasteiger partial charge is 0.187 e. The number of hydrogen-bond acceptors (Lipinski definition) is 5. The van der Waals surface area contributed by atoms with Crippen LogP contribution in [-0.4, -0.2) is 17.1 Å². The van der Waals surface area contributed by atoms with Gasteiger partial charge in [0.1, 0.15) is 6.10 Å². The van der Waals surface area contributed by atoms with Crippen LogP contribution in [0.3, 0.4) is 0 Å². The number of nitrogens with one attached hydrogen (secondary N) is 1. The molecule has 14 heavy (non-hydrogen) atoms. The number of hydrazine groups is 1. The number of aryl methyl sites for hydroxylation is 1. The molecule has 5 nitrogen and oxygen atoms in total. The number of hydrogen-bond donors (Lipinski definition) is 2. The highest BCUT2D eigenvalue weighted by molar-refractivity contribution is 5.36. The third kappa shape index (κ3) is 1.97. The predicted octanol–water partition coefficient (Wildman–Crippen LogP) is 0.917. The minimum atomic E-state index is -0.542. The molecular formula is C8H13FN4O. The molecule has 6 heteroatoms. The van der Waals surface area contributed by atoms with Crippen molar-refractivity contribution in [3.05, 3.63) is 17.3 Å². The molecule has 0 bridgehead atoms. The quantitative estimate of drug-likeness (QED) is 0.560. The SMILES string of the molecule is COC(C)c1nc(C)c(F)c(NN)n1. The van der Waals surface area contributed by atoms with Crippen LogP contribution < -0.4 is 11.3 Å². The van der Waals surface area contributed by atoms with Crippen molar-refractivity contribution < 1.29 is 9.13 Å². The number of nitrogen functional groups attached to an aromatic ring is 1. The lowest BCUT2D eigenvalue weighted by molar-refractivity contribution is 0.112. The van der Waals surface area contributed by atoms with Crippen LogP contribution in [0, 0.1) is 12.7 Å². The van der Waals surface area contributed by atoms with Gasteiger partial charge in [-0.2, -0.15) is 0 Å². The van der Waals surface area contributed by atoms with Gasteiger partial charge in [-0.3, -0.25) is 0 Å². The van der Waals surface area contributed by atoms with Gasteiger partial charge in [0.25, 0.3) is 0 Å². The first kappa shape index (κ1) is 10.8. The summed E-state index contributed by atoms with van der Waals surface area (Å²) in [5, 5.41) is 0. The van der Waals surface area contributed by atoms with E-state index >= 15 is 0 Å². The van der Waals surface area contributed by atoms with Gasteiger partial charge in [-0.1, -0.05) is 0 Å². The Hall–Kier alpha value is -1.27. The lowest BCUT2D eigenvalue weighted by Gasteiger charge is -2.11. The van der Waals surface area contributed by atoms with Crippen LogP contribution in [0.5, 0.6) is 0 Å². The monoisotopic (exact) mass is 200 g/mol. The first-order chi connectivity index (χ1) is 6.60. The summed E-state index contributed by atoms with van der Waals surface area (Å²) < 4.78 is 18.3. The maximum absolute atomic E-state index is 13.2. The van der Waals surface area contributed by atoms with Crippen LogP contribution in [-0.2, 0) is 4.74 Å². The number of nitrogens with zero attached hydrogens (tertiary/aromatic N) is 2. The standard InChI is InChI=1S/C8H13FN4O/c1-4-6(9)8(13-10)12-7(11-4)5(2)14-3/h5H,10H2,1-3H3,(H,11,12,13). The molecule has 78 valence electrons. The molecule has 0 spiro atoms. The Morgan fingerprint density at radius 1 is 1.50 bits per heavy atom. The first-order valence-corrected chi connectivity index (χ1v) is 4.13. The van der Waals surface area contributed by atoms with Crippen LogP contribution in [0.15, 0.2) is 0 Å². The lowest BCUT2D eigenvalue weighted by Crippen LogP contribution is -2.15. The Labute approximate surface area is 81.5 Å². The van der Waals surface area contributed by atoms with E-state index in [0.29, 0.717) is 5.82 Å². The molecule has 1 unspecified atom stereocenters. The highest BCUT2D eigenvalue weighted by Gasteiger charge is 2.14. The minimum absolute atomic E-state index is 0.0172. The number of anilines is 1. The Morgan fingerprint density at radius 3 is 2.64 bits per heavy atom. The maximum atomic E-state index is 13.2. The molecule has 0 saturated heterocycles. The maximum Gasteiger partial charge on any atom is 0.187 e. The van der Waals surface area contributed by atoms with E-state index in [9.17, 15) is 4.39 Å². The summed E-state index contributed by atoms with van der Waals surface area (Å²) in [6, 6.07) is 0. The molecule has 1 rings (SSSR count). The van der Waals surface area contributed by atoms with Crippen LogP contribution in [0.2, 0.25) is 0 Å². The van der Waals surface area contributed by atoms with E-state index in [2.05, 4.69) is 15.4 Å². The van der Waals surface area contributed by atoms with Crippen LogP contribution >= 0.6 is 0 Å². The third-order valence-electron chi connectivity index (χ3n) is 1.89. The van der Waals surface area contributed by atoms with E-state index in [4.69, 9.17) is 10.6 Å². The Bertz CT molecular complexity index is 331. The van der Waals surface area contributed by atoms with Crippen LogP contribution in [0.1, 0.15) is 24.5 Å². The molecule has 1 aromatic rings. The fourth-order valence-corrected chi connectivity index (χ4v) is 0.964. The average molecular weight is 200 g/mol. The van der Waals surface area contributed by atoms with E-state index in [1.165, 1.54) is 7.11 Å². The number of rotatable bonds is 3. The van der Waals surface area contributed by atoms with Gasteiger partial charge >= 0.3 is 0 Å². The highest BCUT2D eigenvalue weighted by Crippen LogP contribution is 2.17. The van der Waals surface area contributed by atoms with Gasteiger partial charge in [0.05, 0.1) is 5.69 Å². The van der Waals surface area contributed by atoms with Gasteiger partial charge in [0, 0.05) is 7.11 Å². The van der Waals surface area contributed by atoms with E-state index < -0.39 is 5.82 Å². The van der Waals surface area contributed by atoms with Gasteiger partial charge in [-0.25, -0.2) is 20.2 Å². The zero-order valence-electron chi connectivity index (χ0n) is 8.34. The summed E-state index contributed by atoms with van der Waals surface area (Å²) in [5.41, 5.74) is 2.42. The molecule has 0 fully saturated rings. The number of halogens is 1. The topological polar surface area (TPSA) is 73.1 Å². The molecule has 0 amide bonds. The van der Waals surface area contributed by atoms with Gasteiger partial charge < -0.3 is 10.2 Å². The van der Waals surface area contributed by atoms with Crippen molar-refractivity contribution >= 4 is 5.82 Å². The number of ether oxygens (including phenoxy) is 1. The second-order valence-electron chi connectivity index (χ2n) is 2.85. The number of nitrogens with two attached hydrogens (primary N) is 1. The fourth-order valence-electron chi connectivity index (χ4n) is 0.964. The lowest BCUT2D eigenvalue weighted by atomic mass is 10.3. The van der Waals surface area contributed by atoms with E-state index in [1.807, 2.05) is 0 Å². The second kappa shape index (κ2) is 4.30. The summed E-state index contributed by atoms with van der Waals surface area (Å²) in [6.45, 7) is 3.32. The molecule has 0 aliphatic heterocycles. The van der Waals surface area contributed by atoms with E-state index in [0.717, 1.165) is 0 Å².